The number of thiazole rings is 1. The normalized spacial score (nSPS) is 12.2. The van der Waals surface area contributed by atoms with E-state index in [0.29, 0.717) is 5.82 Å². The molecule has 0 aliphatic carbocycles. The maximum absolute atomic E-state index is 12.7. The molecule has 4 aromatic rings. The summed E-state index contributed by atoms with van der Waals surface area (Å²) in [4.78, 5) is 20.3. The predicted molar refractivity (Wildman–Crippen MR) is 104 cm³/mol. The molecule has 0 aliphatic rings. The molecule has 4 rings (SSSR count). The zero-order chi connectivity index (χ0) is 18.8. The number of benzene rings is 2. The van der Waals surface area contributed by atoms with Crippen molar-refractivity contribution in [1.29, 1.82) is 0 Å². The lowest BCUT2D eigenvalue weighted by molar-refractivity contribution is -0.132. The highest BCUT2D eigenvalue weighted by Crippen LogP contribution is 2.28. The molecule has 0 spiro atoms. The molecule has 0 bridgehead atoms. The number of nitrogens with zero attached hydrogens (tertiary/aromatic N) is 6. The molecule has 7 nitrogen and oxygen atoms in total. The van der Waals surface area contributed by atoms with Crippen molar-refractivity contribution < 1.29 is 4.79 Å². The van der Waals surface area contributed by atoms with Crippen LogP contribution in [0.5, 0.6) is 0 Å². The number of aromatic nitrogens is 5. The number of para-hydroxylation sites is 1. The first-order valence-corrected chi connectivity index (χ1v) is 9.38. The van der Waals surface area contributed by atoms with Crippen LogP contribution in [0.1, 0.15) is 18.0 Å². The summed E-state index contributed by atoms with van der Waals surface area (Å²) < 4.78 is 1.12. The van der Waals surface area contributed by atoms with Gasteiger partial charge in [0.25, 0.3) is 0 Å². The van der Waals surface area contributed by atoms with Crippen LogP contribution in [0.4, 0.5) is 0 Å². The van der Waals surface area contributed by atoms with Gasteiger partial charge in [0.15, 0.2) is 0 Å². The van der Waals surface area contributed by atoms with Crippen molar-refractivity contribution in [3.05, 3.63) is 59.6 Å². The molecule has 0 N–H and O–H groups in total. The third-order valence-corrected chi connectivity index (χ3v) is 5.61. The Balaban J connectivity index is 1.47. The fraction of sp³-hybridized carbons (Fsp3) is 0.211. The molecule has 1 amide bonds. The molecule has 0 unspecified atom stereocenters. The summed E-state index contributed by atoms with van der Waals surface area (Å²) in [7, 11) is 1.77. The summed E-state index contributed by atoms with van der Waals surface area (Å²) in [5, 5.41) is 13.2. The van der Waals surface area contributed by atoms with Crippen LogP contribution in [0.25, 0.3) is 21.6 Å². The Bertz CT molecular complexity index is 1040. The van der Waals surface area contributed by atoms with E-state index in [1.807, 2.05) is 61.5 Å². The molecule has 8 heteroatoms. The summed E-state index contributed by atoms with van der Waals surface area (Å²) in [6.45, 7) is 2.01. The molecule has 0 radical (unpaired) electrons. The highest BCUT2D eigenvalue weighted by atomic mass is 32.1. The van der Waals surface area contributed by atoms with Crippen LogP contribution in [-0.4, -0.2) is 43.0 Å². The number of carbonyl (C=O) groups is 1. The first-order valence-electron chi connectivity index (χ1n) is 8.56. The summed E-state index contributed by atoms with van der Waals surface area (Å²) in [5.41, 5.74) is 1.82. The molecule has 0 aliphatic heterocycles. The number of hydrogen-bond donors (Lipinski definition) is 0. The van der Waals surface area contributed by atoms with Crippen LogP contribution in [0.2, 0.25) is 0 Å². The van der Waals surface area contributed by atoms with Crippen molar-refractivity contribution in [2.45, 2.75) is 19.5 Å². The van der Waals surface area contributed by atoms with Crippen LogP contribution < -0.4 is 0 Å². The minimum absolute atomic E-state index is 0.0333. The standard InChI is InChI=1S/C19H18N6OS/c1-13(19-20-15-10-6-7-11-16(15)27-19)24(2)17(26)12-25-22-18(21-23-25)14-8-4-3-5-9-14/h3-11,13H,12H2,1-2H3/t13-/m1/s1. The van der Waals surface area contributed by atoms with Gasteiger partial charge in [0, 0.05) is 12.6 Å². The van der Waals surface area contributed by atoms with Gasteiger partial charge in [-0.1, -0.05) is 42.5 Å². The molecule has 2 aromatic carbocycles. The zero-order valence-electron chi connectivity index (χ0n) is 15.0. The van der Waals surface area contributed by atoms with Crippen LogP contribution in [-0.2, 0) is 11.3 Å². The molecule has 2 aromatic heterocycles. The van der Waals surface area contributed by atoms with Crippen LogP contribution >= 0.6 is 11.3 Å². The Hall–Kier alpha value is -3.13. The van der Waals surface area contributed by atoms with Gasteiger partial charge in [-0.15, -0.1) is 21.5 Å². The number of likely N-dealkylation sites (N-methyl/N-ethyl adjacent to an activating group) is 1. The van der Waals surface area contributed by atoms with Gasteiger partial charge >= 0.3 is 0 Å². The van der Waals surface area contributed by atoms with Crippen LogP contribution in [0.15, 0.2) is 54.6 Å². The summed E-state index contributed by atoms with van der Waals surface area (Å²) in [5.74, 6) is 0.407. The fourth-order valence-electron chi connectivity index (χ4n) is 2.70. The van der Waals surface area contributed by atoms with E-state index in [1.165, 1.54) is 4.80 Å². The highest BCUT2D eigenvalue weighted by Gasteiger charge is 2.21. The minimum atomic E-state index is -0.132. The largest absolute Gasteiger partial charge is 0.335 e. The summed E-state index contributed by atoms with van der Waals surface area (Å²) >= 11 is 1.60. The Morgan fingerprint density at radius 3 is 2.67 bits per heavy atom. The van der Waals surface area contributed by atoms with Gasteiger partial charge in [-0.05, 0) is 24.3 Å². The van der Waals surface area contributed by atoms with Crippen molar-refractivity contribution in [2.24, 2.45) is 0 Å². The Labute approximate surface area is 160 Å². The SMILES string of the molecule is C[C@H](c1nc2ccccc2s1)N(C)C(=O)Cn1nnc(-c2ccccc2)n1. The van der Waals surface area contributed by atoms with Gasteiger partial charge in [-0.3, -0.25) is 4.79 Å². The summed E-state index contributed by atoms with van der Waals surface area (Å²) in [6.07, 6.45) is 0. The zero-order valence-corrected chi connectivity index (χ0v) is 15.8. The maximum atomic E-state index is 12.7. The Morgan fingerprint density at radius 2 is 1.89 bits per heavy atom. The molecule has 0 saturated carbocycles. The third-order valence-electron chi connectivity index (χ3n) is 4.40. The lowest BCUT2D eigenvalue weighted by atomic mass is 10.2. The highest BCUT2D eigenvalue weighted by molar-refractivity contribution is 7.18. The summed E-state index contributed by atoms with van der Waals surface area (Å²) in [6, 6.07) is 17.4. The number of amides is 1. The first kappa shape index (κ1) is 17.3. The molecule has 2 heterocycles. The van der Waals surface area contributed by atoms with Crippen molar-refractivity contribution in [3.8, 4) is 11.4 Å². The maximum Gasteiger partial charge on any atom is 0.246 e. The van der Waals surface area contributed by atoms with Crippen LogP contribution in [0, 0.1) is 0 Å². The van der Waals surface area contributed by atoms with E-state index >= 15 is 0 Å². The van der Waals surface area contributed by atoms with E-state index < -0.39 is 0 Å². The monoisotopic (exact) mass is 378 g/mol. The second kappa shape index (κ2) is 7.24. The smallest absolute Gasteiger partial charge is 0.246 e. The number of tetrazole rings is 1. The molecule has 0 fully saturated rings. The van der Waals surface area contributed by atoms with Crippen molar-refractivity contribution >= 4 is 27.5 Å². The van der Waals surface area contributed by atoms with Crippen molar-refractivity contribution in [1.82, 2.24) is 30.1 Å². The number of rotatable bonds is 5. The Morgan fingerprint density at radius 1 is 1.15 bits per heavy atom. The lowest BCUT2D eigenvalue weighted by Crippen LogP contribution is -2.33. The lowest BCUT2D eigenvalue weighted by Gasteiger charge is -2.22. The van der Waals surface area contributed by atoms with E-state index in [2.05, 4.69) is 20.4 Å². The molecular weight excluding hydrogens is 360 g/mol. The van der Waals surface area contributed by atoms with Gasteiger partial charge in [0.2, 0.25) is 11.7 Å². The van der Waals surface area contributed by atoms with Crippen molar-refractivity contribution in [3.63, 3.8) is 0 Å². The second-order valence-electron chi connectivity index (χ2n) is 6.21. The average molecular weight is 378 g/mol. The van der Waals surface area contributed by atoms with E-state index in [-0.39, 0.29) is 18.5 Å². The van der Waals surface area contributed by atoms with Gasteiger partial charge in [0.1, 0.15) is 11.6 Å². The second-order valence-corrected chi connectivity index (χ2v) is 7.27. The van der Waals surface area contributed by atoms with E-state index in [9.17, 15) is 4.79 Å². The minimum Gasteiger partial charge on any atom is -0.335 e. The predicted octanol–water partition coefficient (Wildman–Crippen LogP) is 3.17. The first-order chi connectivity index (χ1) is 13.1. The van der Waals surface area contributed by atoms with Gasteiger partial charge in [-0.2, -0.15) is 4.80 Å². The topological polar surface area (TPSA) is 76.8 Å². The van der Waals surface area contributed by atoms with Crippen molar-refractivity contribution in [2.75, 3.05) is 7.05 Å². The molecule has 27 heavy (non-hydrogen) atoms. The van der Waals surface area contributed by atoms with E-state index in [4.69, 9.17) is 0 Å². The van der Waals surface area contributed by atoms with E-state index in [1.54, 1.807) is 23.3 Å². The number of fused-ring (bicyclic) bond motifs is 1. The third kappa shape index (κ3) is 3.56. The fourth-order valence-corrected chi connectivity index (χ4v) is 3.76. The van der Waals surface area contributed by atoms with Gasteiger partial charge in [0.05, 0.1) is 16.3 Å². The number of carbonyl (C=O) groups excluding carboxylic acids is 1. The molecule has 1 atom stereocenters. The number of hydrogen-bond acceptors (Lipinski definition) is 6. The molecule has 136 valence electrons. The molecular formula is C19H18N6OS. The van der Waals surface area contributed by atoms with Crippen LogP contribution in [0.3, 0.4) is 0 Å². The van der Waals surface area contributed by atoms with Gasteiger partial charge in [-0.25, -0.2) is 4.98 Å². The van der Waals surface area contributed by atoms with E-state index in [0.717, 1.165) is 20.8 Å². The average Bonchev–Trinajstić information content (AvgIpc) is 3.34. The molecule has 0 saturated heterocycles. The van der Waals surface area contributed by atoms with Gasteiger partial charge < -0.3 is 4.90 Å². The quantitative estimate of drug-likeness (QED) is 0.533. The Kier molecular flexibility index (Phi) is 4.64.